The molecule has 33 heavy (non-hydrogen) atoms. The highest BCUT2D eigenvalue weighted by atomic mass is 35.5. The molecular formula is C27H21ClN2O2S. The van der Waals surface area contributed by atoms with Crippen LogP contribution in [0.1, 0.15) is 16.7 Å². The van der Waals surface area contributed by atoms with Crippen molar-refractivity contribution in [3.63, 3.8) is 0 Å². The number of hydrogen-bond donors (Lipinski definition) is 0. The molecule has 0 aliphatic heterocycles. The van der Waals surface area contributed by atoms with Gasteiger partial charge in [0.15, 0.2) is 0 Å². The maximum atomic E-state index is 12.4. The Labute approximate surface area is 200 Å². The zero-order valence-electron chi connectivity index (χ0n) is 18.0. The average Bonchev–Trinajstić information content (AvgIpc) is 3.29. The first-order valence-electron chi connectivity index (χ1n) is 10.6. The molecule has 0 radical (unpaired) electrons. The number of halogens is 1. The summed E-state index contributed by atoms with van der Waals surface area (Å²) in [5.41, 5.74) is 5.17. The Bertz CT molecular complexity index is 1450. The molecule has 2 aromatic heterocycles. The van der Waals surface area contributed by atoms with Gasteiger partial charge in [0.2, 0.25) is 0 Å². The zero-order valence-corrected chi connectivity index (χ0v) is 19.6. The molecule has 0 bridgehead atoms. The molecule has 0 aliphatic rings. The van der Waals surface area contributed by atoms with E-state index < -0.39 is 0 Å². The molecule has 0 saturated heterocycles. The Morgan fingerprint density at radius 2 is 1.64 bits per heavy atom. The second kappa shape index (κ2) is 9.22. The van der Waals surface area contributed by atoms with Crippen LogP contribution in [0.15, 0.2) is 90.0 Å². The first kappa shape index (κ1) is 21.4. The van der Waals surface area contributed by atoms with Crippen LogP contribution in [0, 0.1) is 6.92 Å². The van der Waals surface area contributed by atoms with Crippen molar-refractivity contribution < 1.29 is 4.74 Å². The summed E-state index contributed by atoms with van der Waals surface area (Å²) in [7, 11) is 0. The largest absolute Gasteiger partial charge is 0.489 e. The van der Waals surface area contributed by atoms with Gasteiger partial charge in [0.25, 0.3) is 5.56 Å². The minimum absolute atomic E-state index is 0.202. The minimum Gasteiger partial charge on any atom is -0.489 e. The highest BCUT2D eigenvalue weighted by molar-refractivity contribution is 7.22. The van der Waals surface area contributed by atoms with Gasteiger partial charge in [-0.05, 0) is 66.1 Å². The molecule has 0 saturated carbocycles. The molecule has 0 fully saturated rings. The molecular weight excluding hydrogens is 452 g/mol. The molecule has 0 unspecified atom stereocenters. The summed E-state index contributed by atoms with van der Waals surface area (Å²) in [5, 5.41) is 0.700. The van der Waals surface area contributed by atoms with E-state index in [1.165, 1.54) is 16.9 Å². The van der Waals surface area contributed by atoms with E-state index in [2.05, 4.69) is 42.2 Å². The SMILES string of the molecule is Cc1ccc(COc2ccc(-c3cc4c(s3)c(=O)ncn4Cc3ccc(Cl)cc3)cc2)cc1. The lowest BCUT2D eigenvalue weighted by molar-refractivity contribution is 0.306. The Balaban J connectivity index is 1.38. The number of aryl methyl sites for hydroxylation is 1. The molecule has 0 aliphatic carbocycles. The van der Waals surface area contributed by atoms with Gasteiger partial charge < -0.3 is 9.30 Å². The maximum Gasteiger partial charge on any atom is 0.290 e. The van der Waals surface area contributed by atoms with Gasteiger partial charge in [-0.15, -0.1) is 11.3 Å². The molecule has 4 nitrogen and oxygen atoms in total. The molecule has 3 aromatic carbocycles. The Morgan fingerprint density at radius 1 is 0.939 bits per heavy atom. The number of benzene rings is 3. The molecule has 5 aromatic rings. The highest BCUT2D eigenvalue weighted by Gasteiger charge is 2.12. The van der Waals surface area contributed by atoms with Crippen LogP contribution in [0.25, 0.3) is 20.7 Å². The summed E-state index contributed by atoms with van der Waals surface area (Å²) in [6, 6.07) is 26.1. The van der Waals surface area contributed by atoms with Crippen molar-refractivity contribution in [2.24, 2.45) is 0 Å². The van der Waals surface area contributed by atoms with E-state index in [-0.39, 0.29) is 5.56 Å². The first-order chi connectivity index (χ1) is 16.0. The second-order valence-corrected chi connectivity index (χ2v) is 9.42. The van der Waals surface area contributed by atoms with Gasteiger partial charge >= 0.3 is 0 Å². The van der Waals surface area contributed by atoms with Crippen molar-refractivity contribution in [3.05, 3.63) is 117 Å². The first-order valence-corrected chi connectivity index (χ1v) is 11.8. The highest BCUT2D eigenvalue weighted by Crippen LogP contribution is 2.33. The summed E-state index contributed by atoms with van der Waals surface area (Å²) < 4.78 is 8.58. The molecule has 0 atom stereocenters. The molecule has 6 heteroatoms. The lowest BCUT2D eigenvalue weighted by atomic mass is 10.1. The van der Waals surface area contributed by atoms with Gasteiger partial charge in [-0.3, -0.25) is 4.79 Å². The average molecular weight is 473 g/mol. The topological polar surface area (TPSA) is 44.1 Å². The van der Waals surface area contributed by atoms with Crippen LogP contribution in [-0.2, 0) is 13.2 Å². The number of nitrogens with zero attached hydrogens (tertiary/aromatic N) is 2. The third-order valence-electron chi connectivity index (χ3n) is 5.46. The summed E-state index contributed by atoms with van der Waals surface area (Å²) >= 11 is 7.47. The van der Waals surface area contributed by atoms with Crippen LogP contribution in [0.2, 0.25) is 5.02 Å². The summed E-state index contributed by atoms with van der Waals surface area (Å²) in [6.07, 6.45) is 1.61. The summed E-state index contributed by atoms with van der Waals surface area (Å²) in [6.45, 7) is 3.21. The van der Waals surface area contributed by atoms with Crippen molar-refractivity contribution in [3.8, 4) is 16.2 Å². The Kier molecular flexibility index (Phi) is 5.99. The van der Waals surface area contributed by atoms with Gasteiger partial charge in [-0.2, -0.15) is 4.98 Å². The van der Waals surface area contributed by atoms with Crippen molar-refractivity contribution in [2.75, 3.05) is 0 Å². The van der Waals surface area contributed by atoms with E-state index in [4.69, 9.17) is 16.3 Å². The standard InChI is InChI=1S/C27H21ClN2O2S/c1-18-2-4-20(5-3-18)16-32-23-12-8-21(9-13-23)25-14-24-26(33-25)27(31)29-17-30(24)15-19-6-10-22(28)11-7-19/h2-14,17H,15-16H2,1H3. The Morgan fingerprint density at radius 3 is 2.36 bits per heavy atom. The monoisotopic (exact) mass is 472 g/mol. The molecule has 5 rings (SSSR count). The smallest absolute Gasteiger partial charge is 0.290 e. The van der Waals surface area contributed by atoms with Gasteiger partial charge in [-0.25, -0.2) is 0 Å². The predicted molar refractivity (Wildman–Crippen MR) is 135 cm³/mol. The fourth-order valence-corrected chi connectivity index (χ4v) is 4.80. The Hall–Kier alpha value is -3.41. The number of fused-ring (bicyclic) bond motifs is 1. The molecule has 0 amide bonds. The van der Waals surface area contributed by atoms with E-state index in [1.54, 1.807) is 6.33 Å². The zero-order chi connectivity index (χ0) is 22.8. The molecule has 0 N–H and O–H groups in total. The second-order valence-electron chi connectivity index (χ2n) is 7.93. The third-order valence-corrected chi connectivity index (χ3v) is 6.87. The normalized spacial score (nSPS) is 11.1. The van der Waals surface area contributed by atoms with Gasteiger partial charge in [0.1, 0.15) is 17.1 Å². The van der Waals surface area contributed by atoms with E-state index in [1.807, 2.05) is 53.1 Å². The van der Waals surface area contributed by atoms with Gasteiger partial charge in [-0.1, -0.05) is 53.6 Å². The fraction of sp³-hybridized carbons (Fsp3) is 0.111. The van der Waals surface area contributed by atoms with Crippen LogP contribution in [0.4, 0.5) is 0 Å². The van der Waals surface area contributed by atoms with Crippen LogP contribution >= 0.6 is 22.9 Å². The number of hydrogen-bond acceptors (Lipinski definition) is 4. The van der Waals surface area contributed by atoms with E-state index in [0.29, 0.717) is 22.9 Å². The van der Waals surface area contributed by atoms with Crippen molar-refractivity contribution in [1.29, 1.82) is 0 Å². The fourth-order valence-electron chi connectivity index (χ4n) is 3.61. The van der Waals surface area contributed by atoms with Crippen LogP contribution in [0.3, 0.4) is 0 Å². The maximum absolute atomic E-state index is 12.4. The lowest BCUT2D eigenvalue weighted by Gasteiger charge is -2.08. The number of thiophene rings is 1. The van der Waals surface area contributed by atoms with E-state index in [0.717, 1.165) is 32.8 Å². The quantitative estimate of drug-likeness (QED) is 0.275. The van der Waals surface area contributed by atoms with Crippen LogP contribution in [-0.4, -0.2) is 9.55 Å². The lowest BCUT2D eigenvalue weighted by Crippen LogP contribution is -2.11. The molecule has 164 valence electrons. The third kappa shape index (κ3) is 4.85. The summed E-state index contributed by atoms with van der Waals surface area (Å²) in [4.78, 5) is 17.5. The van der Waals surface area contributed by atoms with Gasteiger partial charge in [0, 0.05) is 16.4 Å². The molecule has 2 heterocycles. The van der Waals surface area contributed by atoms with E-state index >= 15 is 0 Å². The number of aromatic nitrogens is 2. The van der Waals surface area contributed by atoms with Crippen molar-refractivity contribution >= 4 is 33.2 Å². The van der Waals surface area contributed by atoms with Crippen LogP contribution < -0.4 is 10.3 Å². The van der Waals surface area contributed by atoms with Crippen LogP contribution in [0.5, 0.6) is 5.75 Å². The summed E-state index contributed by atoms with van der Waals surface area (Å²) in [5.74, 6) is 0.810. The number of ether oxygens (including phenoxy) is 1. The van der Waals surface area contributed by atoms with Crippen molar-refractivity contribution in [1.82, 2.24) is 9.55 Å². The minimum atomic E-state index is -0.202. The van der Waals surface area contributed by atoms with Crippen molar-refractivity contribution in [2.45, 2.75) is 20.1 Å². The predicted octanol–water partition coefficient (Wildman–Crippen LogP) is 6.71. The number of rotatable bonds is 6. The van der Waals surface area contributed by atoms with E-state index in [9.17, 15) is 4.79 Å². The molecule has 0 spiro atoms. The van der Waals surface area contributed by atoms with Gasteiger partial charge in [0.05, 0.1) is 11.8 Å².